The van der Waals surface area contributed by atoms with Gasteiger partial charge in [0.15, 0.2) is 0 Å². The molecule has 1 aliphatic rings. The van der Waals surface area contributed by atoms with Gasteiger partial charge >= 0.3 is 0 Å². The summed E-state index contributed by atoms with van der Waals surface area (Å²) in [5, 5.41) is 11.9. The molecule has 5 heteroatoms. The highest BCUT2D eigenvalue weighted by atomic mass is 15.4. The largest absolute Gasteiger partial charge is 0.309 e. The average molecular weight is 293 g/mol. The van der Waals surface area contributed by atoms with Gasteiger partial charge in [0, 0.05) is 31.4 Å². The lowest BCUT2D eigenvalue weighted by Gasteiger charge is -2.35. The molecule has 1 N–H and O–H groups in total. The van der Waals surface area contributed by atoms with Crippen molar-refractivity contribution in [3.8, 4) is 0 Å². The second-order valence-corrected chi connectivity index (χ2v) is 6.48. The molecule has 1 saturated heterocycles. The Morgan fingerprint density at radius 1 is 1.33 bits per heavy atom. The number of likely N-dealkylation sites (tertiary alicyclic amines) is 1. The minimum atomic E-state index is 0.485. The third kappa shape index (κ3) is 5.40. The van der Waals surface area contributed by atoms with Gasteiger partial charge in [0.1, 0.15) is 0 Å². The van der Waals surface area contributed by atoms with Crippen molar-refractivity contribution in [2.75, 3.05) is 13.1 Å². The van der Waals surface area contributed by atoms with E-state index in [9.17, 15) is 0 Å². The van der Waals surface area contributed by atoms with E-state index < -0.39 is 0 Å². The predicted molar refractivity (Wildman–Crippen MR) is 86.1 cm³/mol. The fraction of sp³-hybridized carbons (Fsp3) is 0.875. The maximum absolute atomic E-state index is 4.25. The van der Waals surface area contributed by atoms with Crippen LogP contribution >= 0.6 is 0 Å². The Bertz CT molecular complexity index is 399. The molecule has 1 atom stereocenters. The van der Waals surface area contributed by atoms with Crippen molar-refractivity contribution >= 4 is 0 Å². The van der Waals surface area contributed by atoms with Crippen LogP contribution in [0.15, 0.2) is 6.20 Å². The summed E-state index contributed by atoms with van der Waals surface area (Å²) < 4.78 is 1.99. The summed E-state index contributed by atoms with van der Waals surface area (Å²) in [7, 11) is 0. The quantitative estimate of drug-likeness (QED) is 0.799. The Kier molecular flexibility index (Phi) is 6.64. The van der Waals surface area contributed by atoms with Gasteiger partial charge in [-0.15, -0.1) is 5.10 Å². The van der Waals surface area contributed by atoms with E-state index in [2.05, 4.69) is 47.5 Å². The molecule has 0 aromatic carbocycles. The number of hydrogen-bond acceptors (Lipinski definition) is 4. The Morgan fingerprint density at radius 3 is 2.95 bits per heavy atom. The molecule has 2 rings (SSSR count). The van der Waals surface area contributed by atoms with Crippen LogP contribution in [0.25, 0.3) is 0 Å². The van der Waals surface area contributed by atoms with Crippen molar-refractivity contribution in [1.82, 2.24) is 25.2 Å². The molecule has 1 fully saturated rings. The zero-order valence-electron chi connectivity index (χ0n) is 13.9. The van der Waals surface area contributed by atoms with Crippen LogP contribution in [0.2, 0.25) is 0 Å². The third-order valence-electron chi connectivity index (χ3n) is 4.26. The fourth-order valence-electron chi connectivity index (χ4n) is 3.08. The van der Waals surface area contributed by atoms with Gasteiger partial charge in [-0.3, -0.25) is 9.58 Å². The van der Waals surface area contributed by atoms with Crippen LogP contribution < -0.4 is 5.32 Å². The van der Waals surface area contributed by atoms with Crippen LogP contribution in [0.3, 0.4) is 0 Å². The zero-order chi connectivity index (χ0) is 15.1. The average Bonchev–Trinajstić information content (AvgIpc) is 2.92. The lowest BCUT2D eigenvalue weighted by Crippen LogP contribution is -2.41. The molecule has 0 amide bonds. The monoisotopic (exact) mass is 293 g/mol. The summed E-state index contributed by atoms with van der Waals surface area (Å²) in [4.78, 5) is 2.65. The Balaban J connectivity index is 1.78. The molecule has 0 aliphatic carbocycles. The number of nitrogens with one attached hydrogen (secondary N) is 1. The maximum Gasteiger partial charge on any atom is 0.0964 e. The van der Waals surface area contributed by atoms with E-state index in [1.807, 2.05) is 4.68 Å². The minimum Gasteiger partial charge on any atom is -0.309 e. The van der Waals surface area contributed by atoms with Crippen LogP contribution in [0.5, 0.6) is 0 Å². The predicted octanol–water partition coefficient (Wildman–Crippen LogP) is 2.43. The molecular weight excluding hydrogens is 262 g/mol. The molecule has 0 spiro atoms. The summed E-state index contributed by atoms with van der Waals surface area (Å²) in [6.45, 7) is 10.7. The molecule has 21 heavy (non-hydrogen) atoms. The number of aromatic nitrogens is 3. The van der Waals surface area contributed by atoms with Crippen molar-refractivity contribution < 1.29 is 0 Å². The van der Waals surface area contributed by atoms with Gasteiger partial charge in [-0.1, -0.05) is 38.8 Å². The first kappa shape index (κ1) is 16.4. The number of rotatable bonds is 8. The first-order valence-corrected chi connectivity index (χ1v) is 8.55. The van der Waals surface area contributed by atoms with Gasteiger partial charge < -0.3 is 5.32 Å². The van der Waals surface area contributed by atoms with Gasteiger partial charge in [-0.25, -0.2) is 0 Å². The van der Waals surface area contributed by atoms with Crippen LogP contribution in [-0.2, 0) is 13.1 Å². The summed E-state index contributed by atoms with van der Waals surface area (Å²) in [6, 6.07) is 1.27. The molecule has 1 aliphatic heterocycles. The molecule has 0 radical (unpaired) electrons. The smallest absolute Gasteiger partial charge is 0.0964 e. The van der Waals surface area contributed by atoms with Crippen LogP contribution in [0.4, 0.5) is 0 Å². The molecule has 1 aromatic heterocycles. The Morgan fingerprint density at radius 2 is 2.19 bits per heavy atom. The molecule has 1 aromatic rings. The summed E-state index contributed by atoms with van der Waals surface area (Å²) in [5.41, 5.74) is 1.03. The SMILES string of the molecule is CCCC1CCCCN1CCn1cc(CNC(C)C)nn1. The minimum absolute atomic E-state index is 0.485. The van der Waals surface area contributed by atoms with E-state index in [4.69, 9.17) is 0 Å². The van der Waals surface area contributed by atoms with E-state index in [-0.39, 0.29) is 0 Å². The lowest BCUT2D eigenvalue weighted by atomic mass is 9.98. The van der Waals surface area contributed by atoms with E-state index in [0.717, 1.165) is 31.4 Å². The highest BCUT2D eigenvalue weighted by molar-refractivity contribution is 4.92. The molecule has 5 nitrogen and oxygen atoms in total. The second kappa shape index (κ2) is 8.49. The van der Waals surface area contributed by atoms with Crippen molar-refractivity contribution in [1.29, 1.82) is 0 Å². The molecule has 0 saturated carbocycles. The van der Waals surface area contributed by atoms with Crippen LogP contribution in [0, 0.1) is 0 Å². The fourth-order valence-corrected chi connectivity index (χ4v) is 3.08. The van der Waals surface area contributed by atoms with Crippen molar-refractivity contribution in [3.63, 3.8) is 0 Å². The van der Waals surface area contributed by atoms with Gasteiger partial charge in [0.2, 0.25) is 0 Å². The van der Waals surface area contributed by atoms with Crippen molar-refractivity contribution in [3.05, 3.63) is 11.9 Å². The number of hydrogen-bond donors (Lipinski definition) is 1. The highest BCUT2D eigenvalue weighted by Gasteiger charge is 2.21. The Hall–Kier alpha value is -0.940. The second-order valence-electron chi connectivity index (χ2n) is 6.48. The summed E-state index contributed by atoms with van der Waals surface area (Å²) in [5.74, 6) is 0. The molecule has 0 bridgehead atoms. The third-order valence-corrected chi connectivity index (χ3v) is 4.26. The molecule has 120 valence electrons. The van der Waals surface area contributed by atoms with Gasteiger partial charge in [0.25, 0.3) is 0 Å². The molecular formula is C16H31N5. The van der Waals surface area contributed by atoms with Gasteiger partial charge in [-0.2, -0.15) is 0 Å². The van der Waals surface area contributed by atoms with E-state index >= 15 is 0 Å². The van der Waals surface area contributed by atoms with E-state index in [1.54, 1.807) is 0 Å². The first-order valence-electron chi connectivity index (χ1n) is 8.55. The van der Waals surface area contributed by atoms with Crippen LogP contribution in [-0.4, -0.2) is 45.1 Å². The lowest BCUT2D eigenvalue weighted by molar-refractivity contribution is 0.132. The zero-order valence-corrected chi connectivity index (χ0v) is 13.9. The highest BCUT2D eigenvalue weighted by Crippen LogP contribution is 2.20. The van der Waals surface area contributed by atoms with Gasteiger partial charge in [0.05, 0.1) is 12.2 Å². The summed E-state index contributed by atoms with van der Waals surface area (Å²) >= 11 is 0. The van der Waals surface area contributed by atoms with E-state index in [1.165, 1.54) is 38.6 Å². The topological polar surface area (TPSA) is 46.0 Å². The number of piperidine rings is 1. The van der Waals surface area contributed by atoms with Crippen molar-refractivity contribution in [2.45, 2.75) is 78.0 Å². The molecule has 2 heterocycles. The molecule has 1 unspecified atom stereocenters. The van der Waals surface area contributed by atoms with Crippen molar-refractivity contribution in [2.24, 2.45) is 0 Å². The normalized spacial score (nSPS) is 20.3. The first-order chi connectivity index (χ1) is 10.2. The van der Waals surface area contributed by atoms with Gasteiger partial charge in [-0.05, 0) is 25.8 Å². The van der Waals surface area contributed by atoms with Crippen LogP contribution in [0.1, 0.15) is 58.6 Å². The number of nitrogens with zero attached hydrogens (tertiary/aromatic N) is 4. The van der Waals surface area contributed by atoms with E-state index in [0.29, 0.717) is 6.04 Å². The Labute approximate surface area is 129 Å². The summed E-state index contributed by atoms with van der Waals surface area (Å²) in [6.07, 6.45) is 8.82. The standard InChI is InChI=1S/C16H31N5/c1-4-7-16-8-5-6-9-20(16)10-11-21-13-15(18-19-21)12-17-14(2)3/h13-14,16-17H,4-12H2,1-3H3. The maximum atomic E-state index is 4.25.